The first kappa shape index (κ1) is 32.1. The Morgan fingerprint density at radius 2 is 0.381 bits per heavy atom. The van der Waals surface area contributed by atoms with Crippen LogP contribution in [0, 0.1) is 0 Å². The summed E-state index contributed by atoms with van der Waals surface area (Å²) in [6.45, 7) is 0. The van der Waals surface area contributed by atoms with E-state index in [9.17, 15) is 0 Å². The van der Waals surface area contributed by atoms with Gasteiger partial charge in [-0.2, -0.15) is 0 Å². The molecule has 0 N–H and O–H groups in total. The van der Waals surface area contributed by atoms with Gasteiger partial charge in [-0.3, -0.25) is 0 Å². The van der Waals surface area contributed by atoms with Gasteiger partial charge in [0.1, 0.15) is 58.7 Å². The second-order valence-corrected chi connectivity index (χ2v) is 17.3. The fourth-order valence-corrected chi connectivity index (χ4v) is 15.9. The highest BCUT2D eigenvalue weighted by molar-refractivity contribution is 7.99. The smallest absolute Gasteiger partial charge is 0.115 e. The van der Waals surface area contributed by atoms with Crippen LogP contribution in [-0.4, -0.2) is 12.3 Å². The van der Waals surface area contributed by atoms with Gasteiger partial charge >= 0.3 is 0 Å². The van der Waals surface area contributed by atoms with Crippen LogP contribution in [0.15, 0.2) is 182 Å². The summed E-state index contributed by atoms with van der Waals surface area (Å²) in [7, 11) is -3.97. The van der Waals surface area contributed by atoms with Crippen LogP contribution in [-0.2, 0) is 0 Å². The summed E-state index contributed by atoms with van der Waals surface area (Å²) in [6, 6.07) is 67.8. The van der Waals surface area contributed by atoms with Gasteiger partial charge in [0.15, 0.2) is 0 Å². The second kappa shape index (κ2) is 15.0. The van der Waals surface area contributed by atoms with Crippen LogP contribution in [0.25, 0.3) is 0 Å². The first-order valence-electron chi connectivity index (χ1n) is 13.9. The molecule has 0 amide bonds. The Kier molecular flexibility index (Phi) is 11.5. The quantitative estimate of drug-likeness (QED) is 0.197. The molecule has 0 saturated heterocycles. The molecule has 0 bridgehead atoms. The van der Waals surface area contributed by atoms with Crippen molar-refractivity contribution in [3.63, 3.8) is 0 Å². The van der Waals surface area contributed by atoms with E-state index in [4.69, 9.17) is 0 Å². The van der Waals surface area contributed by atoms with Crippen molar-refractivity contribution in [1.82, 2.24) is 0 Å². The maximum Gasteiger partial charge on any atom is 0.115 e. The molecule has 6 rings (SSSR count). The van der Waals surface area contributed by atoms with Crippen molar-refractivity contribution in [2.24, 2.45) is 0 Å². The fraction of sp³-hybridized carbons (Fsp3) is 0.0526. The van der Waals surface area contributed by atoms with Crippen molar-refractivity contribution in [2.45, 2.75) is 0 Å². The van der Waals surface area contributed by atoms with Gasteiger partial charge in [0, 0.05) is 0 Å². The predicted molar refractivity (Wildman–Crippen MR) is 180 cm³/mol. The van der Waals surface area contributed by atoms with E-state index in [2.05, 4.69) is 182 Å². The van der Waals surface area contributed by atoms with Gasteiger partial charge in [0.2, 0.25) is 0 Å². The third-order valence-corrected chi connectivity index (χ3v) is 17.2. The Morgan fingerprint density at radius 3 is 0.524 bits per heavy atom. The minimum atomic E-state index is -1.98. The zero-order valence-electron chi connectivity index (χ0n) is 23.4. The van der Waals surface area contributed by atoms with Gasteiger partial charge in [-0.1, -0.05) is 109 Å². The van der Waals surface area contributed by atoms with Crippen LogP contribution in [0.4, 0.5) is 0 Å². The summed E-state index contributed by atoms with van der Waals surface area (Å²) in [5, 5.41) is 8.66. The normalized spacial score (nSPS) is 11.1. The van der Waals surface area contributed by atoms with Crippen molar-refractivity contribution in [3.05, 3.63) is 182 Å². The van der Waals surface area contributed by atoms with E-state index in [1.807, 2.05) is 0 Å². The highest BCUT2D eigenvalue weighted by Gasteiger charge is 2.52. The summed E-state index contributed by atoms with van der Waals surface area (Å²) < 4.78 is 0. The third kappa shape index (κ3) is 6.24. The lowest BCUT2D eigenvalue weighted by atomic mass is 10.4. The molecule has 0 aliphatic carbocycles. The lowest BCUT2D eigenvalue weighted by molar-refractivity contribution is -0.00100. The Labute approximate surface area is 273 Å². The minimum absolute atomic E-state index is 0. The van der Waals surface area contributed by atoms with Crippen LogP contribution in [0.3, 0.4) is 0 Å². The average molecular weight is 712 g/mol. The molecule has 0 spiro atoms. The van der Waals surface area contributed by atoms with Crippen LogP contribution in [0.2, 0.25) is 0 Å². The highest BCUT2D eigenvalue weighted by Crippen LogP contribution is 2.62. The van der Waals surface area contributed by atoms with E-state index in [1.165, 1.54) is 31.8 Å². The molecule has 0 fully saturated rings. The summed E-state index contributed by atoms with van der Waals surface area (Å²) in [4.78, 5) is 0. The number of hydrogen-bond donors (Lipinski definition) is 0. The van der Waals surface area contributed by atoms with Crippen molar-refractivity contribution in [1.29, 1.82) is 0 Å². The largest absolute Gasteiger partial charge is 1.00 e. The maximum absolute atomic E-state index is 2.36. The lowest BCUT2D eigenvalue weighted by Crippen LogP contribution is -3.00. The Morgan fingerprint density at radius 1 is 0.238 bits per heavy atom. The monoisotopic (exact) mass is 710 g/mol. The molecular weight excluding hydrogens is 678 g/mol. The van der Waals surface area contributed by atoms with Gasteiger partial charge in [-0.15, -0.1) is 0 Å². The van der Waals surface area contributed by atoms with E-state index in [-0.39, 0.29) is 34.0 Å². The molecular formula is C38H34Br2P2. The van der Waals surface area contributed by atoms with Crippen molar-refractivity contribution < 1.29 is 34.0 Å². The summed E-state index contributed by atoms with van der Waals surface area (Å²) in [5.74, 6) is 0. The first-order valence-corrected chi connectivity index (χ1v) is 17.9. The maximum atomic E-state index is 2.36. The molecule has 0 aliphatic heterocycles. The Balaban J connectivity index is 0.00000202. The second-order valence-electron chi connectivity index (χ2n) is 10.1. The molecule has 0 aromatic heterocycles. The van der Waals surface area contributed by atoms with Gasteiger partial charge in [-0.25, -0.2) is 0 Å². The molecule has 0 unspecified atom stereocenters. The van der Waals surface area contributed by atoms with Gasteiger partial charge in [0.05, 0.1) is 0 Å². The molecule has 6 aromatic rings. The minimum Gasteiger partial charge on any atom is -1.00 e. The molecule has 0 saturated carbocycles. The fourth-order valence-electron chi connectivity index (χ4n) is 6.06. The summed E-state index contributed by atoms with van der Waals surface area (Å²) >= 11 is 0. The van der Waals surface area contributed by atoms with E-state index >= 15 is 0 Å². The average Bonchev–Trinajstić information content (AvgIpc) is 3.06. The molecule has 42 heavy (non-hydrogen) atoms. The number of hydrogen-bond acceptors (Lipinski definition) is 0. The van der Waals surface area contributed by atoms with Crippen molar-refractivity contribution in [3.8, 4) is 0 Å². The number of halogens is 2. The molecule has 4 heteroatoms. The zero-order chi connectivity index (χ0) is 27.1. The van der Waals surface area contributed by atoms with E-state index in [0.717, 1.165) is 12.3 Å². The van der Waals surface area contributed by atoms with Crippen LogP contribution in [0.5, 0.6) is 0 Å². The van der Waals surface area contributed by atoms with Crippen LogP contribution < -0.4 is 65.8 Å². The van der Waals surface area contributed by atoms with Crippen LogP contribution >= 0.6 is 14.5 Å². The van der Waals surface area contributed by atoms with E-state index in [0.29, 0.717) is 0 Å². The molecule has 0 nitrogen and oxygen atoms in total. The van der Waals surface area contributed by atoms with Gasteiger partial charge in [-0.05, 0) is 72.8 Å². The van der Waals surface area contributed by atoms with Crippen LogP contribution in [0.1, 0.15) is 0 Å². The number of benzene rings is 6. The molecule has 0 atom stereocenters. The molecule has 0 heterocycles. The van der Waals surface area contributed by atoms with E-state index < -0.39 is 14.5 Å². The first-order chi connectivity index (χ1) is 19.8. The molecule has 0 aliphatic rings. The summed E-state index contributed by atoms with van der Waals surface area (Å²) in [6.07, 6.45) is 2.16. The zero-order valence-corrected chi connectivity index (χ0v) is 28.3. The molecule has 210 valence electrons. The highest BCUT2D eigenvalue weighted by atomic mass is 79.9. The SMILES string of the molecule is [Br-].[Br-].c1ccc([P+](CC[P+](c2ccccc2)(c2ccccc2)c2ccccc2)(c2ccccc2)c2ccccc2)cc1. The van der Waals surface area contributed by atoms with Crippen molar-refractivity contribution >= 4 is 46.4 Å². The number of rotatable bonds is 9. The molecule has 0 radical (unpaired) electrons. The standard InChI is InChI=1S/C38H34P2.2BrH/c1-7-19-33(20-8-1)39(34-21-9-2-10-22-34,35-23-11-3-12-24-35)31-32-40(36-25-13-4-14-26-36,37-27-15-5-16-28-37)38-29-17-6-18-30-38;;/h1-30H,31-32H2;2*1H/q+2;;/p-2. The van der Waals surface area contributed by atoms with Gasteiger partial charge < -0.3 is 34.0 Å². The predicted octanol–water partition coefficient (Wildman–Crippen LogP) is 0.983. The molecule has 6 aromatic carbocycles. The van der Waals surface area contributed by atoms with Gasteiger partial charge in [0.25, 0.3) is 0 Å². The summed E-state index contributed by atoms with van der Waals surface area (Å²) in [5.41, 5.74) is 0. The lowest BCUT2D eigenvalue weighted by Gasteiger charge is -2.32. The van der Waals surface area contributed by atoms with E-state index in [1.54, 1.807) is 0 Å². The Bertz CT molecular complexity index is 1290. The van der Waals surface area contributed by atoms with Crippen molar-refractivity contribution in [2.75, 3.05) is 12.3 Å². The topological polar surface area (TPSA) is 0 Å². The third-order valence-electron chi connectivity index (χ3n) is 7.95. The Hall–Kier alpha value is -2.86.